The maximum Gasteiger partial charge on any atom is 0.435 e. The van der Waals surface area contributed by atoms with Gasteiger partial charge in [0.2, 0.25) is 5.91 Å². The molecular weight excluding hydrogens is 565 g/mol. The molecule has 3 aromatic heterocycles. The number of nitrogens with zero attached hydrogens (tertiary/aromatic N) is 6. The predicted octanol–water partition coefficient (Wildman–Crippen LogP) is 3.04. The lowest BCUT2D eigenvalue weighted by Gasteiger charge is -2.18. The Hall–Kier alpha value is -4.97. The average Bonchev–Trinajstić information content (AvgIpc) is 3.73. The van der Waals surface area contributed by atoms with E-state index in [4.69, 9.17) is 5.26 Å². The predicted molar refractivity (Wildman–Crippen MR) is 150 cm³/mol. The highest BCUT2D eigenvalue weighted by molar-refractivity contribution is 5.99. The smallest absolute Gasteiger partial charge is 0.350 e. The van der Waals surface area contributed by atoms with Crippen LogP contribution in [0.4, 0.5) is 24.7 Å². The van der Waals surface area contributed by atoms with Gasteiger partial charge in [-0.05, 0) is 50.1 Å². The first kappa shape index (κ1) is 29.5. The van der Waals surface area contributed by atoms with E-state index in [9.17, 15) is 22.8 Å². The maximum absolute atomic E-state index is 13.7. The van der Waals surface area contributed by atoms with E-state index in [-0.39, 0.29) is 47.1 Å². The molecule has 1 saturated heterocycles. The summed E-state index contributed by atoms with van der Waals surface area (Å²) in [5.74, 6) is -0.361. The first-order valence-electron chi connectivity index (χ1n) is 13.6. The second-order valence-electron chi connectivity index (χ2n) is 10.1. The van der Waals surface area contributed by atoms with Crippen LogP contribution in [-0.4, -0.2) is 61.1 Å². The minimum Gasteiger partial charge on any atom is -0.350 e. The van der Waals surface area contributed by atoms with Crippen LogP contribution in [0.2, 0.25) is 0 Å². The van der Waals surface area contributed by atoms with Gasteiger partial charge >= 0.3 is 6.18 Å². The number of alkyl halides is 3. The summed E-state index contributed by atoms with van der Waals surface area (Å²) in [6.45, 7) is 4.72. The molecule has 1 unspecified atom stereocenters. The van der Waals surface area contributed by atoms with Gasteiger partial charge in [0.05, 0.1) is 23.5 Å². The first-order chi connectivity index (χ1) is 20.6. The largest absolute Gasteiger partial charge is 0.435 e. The number of anilines is 2. The highest BCUT2D eigenvalue weighted by atomic mass is 19.4. The molecule has 43 heavy (non-hydrogen) atoms. The standard InChI is InChI=1S/C28H29F3N10O2/c1-3-17-12-18(4-5-20(17)27(43)36-16(2)26(42)38-19-6-8-33-13-19)37-24-25-35-14-22(41(25)11-9-34-24)21-15-40(10-7-32)39-23(21)28(29,30)31/h4-5,9,11-12,14-16,19,33H,3,6,8,10,13H2,1-2H3,(H,34,37)(H,36,43)(H,38,42)/t16?,19-/m1/s1. The van der Waals surface area contributed by atoms with Gasteiger partial charge in [-0.2, -0.15) is 23.5 Å². The van der Waals surface area contributed by atoms with Gasteiger partial charge in [0.15, 0.2) is 17.2 Å². The van der Waals surface area contributed by atoms with Crippen LogP contribution in [0.5, 0.6) is 0 Å². The molecule has 0 bridgehead atoms. The van der Waals surface area contributed by atoms with Crippen LogP contribution in [0.25, 0.3) is 16.9 Å². The minimum absolute atomic E-state index is 0.0422. The molecule has 1 aliphatic rings. The molecule has 15 heteroatoms. The zero-order valence-electron chi connectivity index (χ0n) is 23.4. The second kappa shape index (κ2) is 12.1. The fourth-order valence-corrected chi connectivity index (χ4v) is 4.94. The number of imidazole rings is 1. The number of amides is 2. The second-order valence-corrected chi connectivity index (χ2v) is 10.1. The molecule has 0 aliphatic carbocycles. The van der Waals surface area contributed by atoms with Gasteiger partial charge < -0.3 is 21.3 Å². The number of halogens is 3. The number of fused-ring (bicyclic) bond motifs is 1. The number of carbonyl (C=O) groups is 2. The van der Waals surface area contributed by atoms with Crippen LogP contribution < -0.4 is 21.3 Å². The van der Waals surface area contributed by atoms with Crippen molar-refractivity contribution < 1.29 is 22.8 Å². The van der Waals surface area contributed by atoms with Crippen molar-refractivity contribution >= 4 is 29.0 Å². The van der Waals surface area contributed by atoms with Crippen LogP contribution in [0.3, 0.4) is 0 Å². The average molecular weight is 595 g/mol. The summed E-state index contributed by atoms with van der Waals surface area (Å²) < 4.78 is 43.6. The molecule has 5 rings (SSSR count). The van der Waals surface area contributed by atoms with E-state index < -0.39 is 17.9 Å². The van der Waals surface area contributed by atoms with Gasteiger partial charge in [0.25, 0.3) is 5.91 Å². The van der Waals surface area contributed by atoms with Gasteiger partial charge in [-0.1, -0.05) is 6.92 Å². The fraction of sp³-hybridized carbons (Fsp3) is 0.357. The molecule has 4 heterocycles. The third-order valence-electron chi connectivity index (χ3n) is 7.11. The number of nitriles is 1. The Bertz CT molecular complexity index is 1700. The topological polar surface area (TPSA) is 154 Å². The van der Waals surface area contributed by atoms with Crippen molar-refractivity contribution in [2.75, 3.05) is 18.4 Å². The zero-order valence-corrected chi connectivity index (χ0v) is 23.4. The van der Waals surface area contributed by atoms with Gasteiger partial charge in [0, 0.05) is 42.4 Å². The van der Waals surface area contributed by atoms with Crippen molar-refractivity contribution in [2.45, 2.75) is 51.5 Å². The lowest BCUT2D eigenvalue weighted by Crippen LogP contribution is -2.48. The van der Waals surface area contributed by atoms with Gasteiger partial charge in [-0.25, -0.2) is 9.97 Å². The van der Waals surface area contributed by atoms with Crippen LogP contribution in [0.15, 0.2) is 43.0 Å². The molecule has 1 fully saturated rings. The van der Waals surface area contributed by atoms with Crippen molar-refractivity contribution in [3.63, 3.8) is 0 Å². The van der Waals surface area contributed by atoms with Crippen molar-refractivity contribution in [1.29, 1.82) is 5.26 Å². The van der Waals surface area contributed by atoms with E-state index in [1.54, 1.807) is 31.2 Å². The normalized spacial score (nSPS) is 15.7. The van der Waals surface area contributed by atoms with Crippen LogP contribution in [0.1, 0.15) is 41.9 Å². The van der Waals surface area contributed by atoms with Crippen molar-refractivity contribution in [3.05, 3.63) is 59.8 Å². The first-order valence-corrected chi connectivity index (χ1v) is 13.6. The number of hydrogen-bond donors (Lipinski definition) is 4. The number of rotatable bonds is 9. The molecule has 1 aromatic carbocycles. The Morgan fingerprint density at radius 2 is 2.09 bits per heavy atom. The quantitative estimate of drug-likeness (QED) is 0.231. The zero-order chi connectivity index (χ0) is 30.7. The molecule has 2 amide bonds. The van der Waals surface area contributed by atoms with E-state index in [1.807, 2.05) is 6.92 Å². The van der Waals surface area contributed by atoms with E-state index in [1.165, 1.54) is 23.0 Å². The number of hydrogen-bond acceptors (Lipinski definition) is 8. The molecule has 12 nitrogen and oxygen atoms in total. The van der Waals surface area contributed by atoms with Crippen molar-refractivity contribution in [2.24, 2.45) is 0 Å². The Balaban J connectivity index is 1.37. The number of aryl methyl sites for hydroxylation is 1. The van der Waals surface area contributed by atoms with E-state index in [0.717, 1.165) is 23.8 Å². The Kier molecular flexibility index (Phi) is 8.31. The molecule has 0 spiro atoms. The monoisotopic (exact) mass is 594 g/mol. The summed E-state index contributed by atoms with van der Waals surface area (Å²) in [6.07, 6.45) is 1.97. The molecule has 0 radical (unpaired) electrons. The summed E-state index contributed by atoms with van der Waals surface area (Å²) in [4.78, 5) is 34.2. The van der Waals surface area contributed by atoms with Gasteiger partial charge in [-0.15, -0.1) is 0 Å². The third-order valence-corrected chi connectivity index (χ3v) is 7.11. The number of aromatic nitrogens is 5. The summed E-state index contributed by atoms with van der Waals surface area (Å²) in [5.41, 5.74) is 0.746. The Labute approximate surface area is 244 Å². The van der Waals surface area contributed by atoms with Crippen molar-refractivity contribution in [1.82, 2.24) is 40.1 Å². The lowest BCUT2D eigenvalue weighted by molar-refractivity contribution is -0.141. The maximum atomic E-state index is 13.7. The van der Waals surface area contributed by atoms with Crippen LogP contribution >= 0.6 is 0 Å². The number of benzene rings is 1. The molecule has 4 N–H and O–H groups in total. The summed E-state index contributed by atoms with van der Waals surface area (Å²) in [7, 11) is 0. The molecule has 0 saturated carbocycles. The molecule has 4 aromatic rings. The van der Waals surface area contributed by atoms with Crippen LogP contribution in [-0.2, 0) is 23.9 Å². The third kappa shape index (κ3) is 6.28. The van der Waals surface area contributed by atoms with E-state index >= 15 is 0 Å². The highest BCUT2D eigenvalue weighted by Gasteiger charge is 2.38. The van der Waals surface area contributed by atoms with Gasteiger partial charge in [-0.3, -0.25) is 18.7 Å². The molecule has 2 atom stereocenters. The summed E-state index contributed by atoms with van der Waals surface area (Å²) in [6, 6.07) is 6.19. The number of nitrogens with one attached hydrogen (secondary N) is 4. The van der Waals surface area contributed by atoms with E-state index in [2.05, 4.69) is 36.3 Å². The lowest BCUT2D eigenvalue weighted by atomic mass is 10.0. The Morgan fingerprint density at radius 3 is 2.79 bits per heavy atom. The molecule has 1 aliphatic heterocycles. The SMILES string of the molecule is CCc1cc(Nc2nccn3c(-c4cn(CC#N)nc4C(F)(F)F)cnc23)ccc1C(=O)NC(C)C(=O)N[C@@H]1CCNC1. The summed E-state index contributed by atoms with van der Waals surface area (Å²) >= 11 is 0. The van der Waals surface area contributed by atoms with Crippen molar-refractivity contribution in [3.8, 4) is 17.3 Å². The molecule has 224 valence electrons. The fourth-order valence-electron chi connectivity index (χ4n) is 4.94. The number of carbonyl (C=O) groups excluding carboxylic acids is 2. The van der Waals surface area contributed by atoms with Gasteiger partial charge in [0.1, 0.15) is 12.6 Å². The highest BCUT2D eigenvalue weighted by Crippen LogP contribution is 2.37. The Morgan fingerprint density at radius 1 is 1.28 bits per heavy atom. The minimum atomic E-state index is -4.74. The van der Waals surface area contributed by atoms with Crippen LogP contribution in [0, 0.1) is 11.3 Å². The molecular formula is C28H29F3N10O2. The van der Waals surface area contributed by atoms with E-state index in [0.29, 0.717) is 29.8 Å². The summed E-state index contributed by atoms with van der Waals surface area (Å²) in [5, 5.41) is 24.5.